The van der Waals surface area contributed by atoms with E-state index in [1.54, 1.807) is 6.07 Å². The Morgan fingerprint density at radius 1 is 1.23 bits per heavy atom. The SMILES string of the molecule is CCCc1cc(C(C)=O)c(O)cc1OCCCCNC(C)=O. The molecule has 0 aliphatic carbocycles. The smallest absolute Gasteiger partial charge is 0.216 e. The third kappa shape index (κ3) is 5.76. The number of hydrogen-bond acceptors (Lipinski definition) is 4. The number of benzene rings is 1. The fourth-order valence-electron chi connectivity index (χ4n) is 2.17. The van der Waals surface area contributed by atoms with E-state index in [0.717, 1.165) is 31.2 Å². The maximum Gasteiger partial charge on any atom is 0.216 e. The molecule has 0 aromatic heterocycles. The molecule has 0 unspecified atom stereocenters. The summed E-state index contributed by atoms with van der Waals surface area (Å²) in [5.41, 5.74) is 1.27. The summed E-state index contributed by atoms with van der Waals surface area (Å²) in [4.78, 5) is 22.2. The molecule has 1 rings (SSSR count). The van der Waals surface area contributed by atoms with Gasteiger partial charge in [-0.25, -0.2) is 0 Å². The van der Waals surface area contributed by atoms with Crippen molar-refractivity contribution in [2.24, 2.45) is 0 Å². The average Bonchev–Trinajstić information content (AvgIpc) is 2.44. The highest BCUT2D eigenvalue weighted by Gasteiger charge is 2.13. The summed E-state index contributed by atoms with van der Waals surface area (Å²) in [6.07, 6.45) is 3.37. The Bertz CT molecular complexity index is 526. The monoisotopic (exact) mass is 307 g/mol. The molecule has 0 aliphatic heterocycles. The second-order valence-corrected chi connectivity index (χ2v) is 5.32. The van der Waals surface area contributed by atoms with Crippen molar-refractivity contribution in [1.82, 2.24) is 5.32 Å². The number of ether oxygens (including phenoxy) is 1. The van der Waals surface area contributed by atoms with E-state index < -0.39 is 0 Å². The molecule has 0 saturated carbocycles. The number of Topliss-reactive ketones (excluding diaryl/α,β-unsaturated/α-hetero) is 1. The van der Waals surface area contributed by atoms with Crippen LogP contribution in [-0.4, -0.2) is 29.9 Å². The van der Waals surface area contributed by atoms with Crippen molar-refractivity contribution in [3.05, 3.63) is 23.3 Å². The van der Waals surface area contributed by atoms with Gasteiger partial charge < -0.3 is 15.2 Å². The summed E-state index contributed by atoms with van der Waals surface area (Å²) in [6, 6.07) is 3.24. The Morgan fingerprint density at radius 3 is 2.55 bits per heavy atom. The van der Waals surface area contributed by atoms with Crippen LogP contribution in [0.4, 0.5) is 0 Å². The van der Waals surface area contributed by atoms with Gasteiger partial charge in [0.15, 0.2) is 5.78 Å². The zero-order valence-corrected chi connectivity index (χ0v) is 13.6. The molecule has 0 spiro atoms. The molecule has 22 heavy (non-hydrogen) atoms. The highest BCUT2D eigenvalue weighted by molar-refractivity contribution is 5.97. The van der Waals surface area contributed by atoms with Crippen molar-refractivity contribution in [1.29, 1.82) is 0 Å². The first-order chi connectivity index (χ1) is 10.5. The lowest BCUT2D eigenvalue weighted by molar-refractivity contribution is -0.118. The first kappa shape index (κ1) is 18.0. The van der Waals surface area contributed by atoms with Gasteiger partial charge in [0.25, 0.3) is 0 Å². The van der Waals surface area contributed by atoms with Crippen LogP contribution in [0.15, 0.2) is 12.1 Å². The molecule has 2 N–H and O–H groups in total. The Kier molecular flexibility index (Phi) is 7.43. The Labute approximate surface area is 131 Å². The lowest BCUT2D eigenvalue weighted by Gasteiger charge is -2.13. The van der Waals surface area contributed by atoms with Crippen LogP contribution in [0.2, 0.25) is 0 Å². The molecular formula is C17H25NO4. The fraction of sp³-hybridized carbons (Fsp3) is 0.529. The number of hydrogen-bond donors (Lipinski definition) is 2. The largest absolute Gasteiger partial charge is 0.507 e. The van der Waals surface area contributed by atoms with Crippen molar-refractivity contribution in [3.63, 3.8) is 0 Å². The van der Waals surface area contributed by atoms with Crippen LogP contribution in [0.5, 0.6) is 11.5 Å². The normalized spacial score (nSPS) is 10.3. The third-order valence-electron chi connectivity index (χ3n) is 3.28. The summed E-state index contributed by atoms with van der Waals surface area (Å²) in [5.74, 6) is 0.400. The minimum Gasteiger partial charge on any atom is -0.507 e. The highest BCUT2D eigenvalue weighted by Crippen LogP contribution is 2.30. The number of aromatic hydroxyl groups is 1. The van der Waals surface area contributed by atoms with Gasteiger partial charge in [-0.15, -0.1) is 0 Å². The number of amides is 1. The second-order valence-electron chi connectivity index (χ2n) is 5.32. The molecule has 0 saturated heterocycles. The van der Waals surface area contributed by atoms with Gasteiger partial charge in [-0.3, -0.25) is 9.59 Å². The van der Waals surface area contributed by atoms with Crippen LogP contribution in [0.3, 0.4) is 0 Å². The van der Waals surface area contributed by atoms with Gasteiger partial charge in [0.05, 0.1) is 12.2 Å². The topological polar surface area (TPSA) is 75.6 Å². The van der Waals surface area contributed by atoms with Crippen LogP contribution in [0.1, 0.15) is 56.0 Å². The second kappa shape index (κ2) is 9.07. The predicted molar refractivity (Wildman–Crippen MR) is 85.5 cm³/mol. The summed E-state index contributed by atoms with van der Waals surface area (Å²) in [5, 5.41) is 12.6. The van der Waals surface area contributed by atoms with Gasteiger partial charge in [-0.05, 0) is 37.8 Å². The molecule has 0 bridgehead atoms. The molecule has 0 atom stereocenters. The molecule has 0 aliphatic rings. The van der Waals surface area contributed by atoms with Crippen molar-refractivity contribution in [2.75, 3.05) is 13.2 Å². The van der Waals surface area contributed by atoms with Gasteiger partial charge in [0.1, 0.15) is 11.5 Å². The maximum absolute atomic E-state index is 11.5. The lowest BCUT2D eigenvalue weighted by atomic mass is 10.0. The average molecular weight is 307 g/mol. The number of ketones is 1. The van der Waals surface area contributed by atoms with E-state index in [2.05, 4.69) is 12.2 Å². The molecule has 1 aromatic rings. The summed E-state index contributed by atoms with van der Waals surface area (Å²) < 4.78 is 5.73. The molecule has 5 nitrogen and oxygen atoms in total. The van der Waals surface area contributed by atoms with E-state index in [-0.39, 0.29) is 17.4 Å². The minimum absolute atomic E-state index is 0.0316. The number of rotatable bonds is 9. The van der Waals surface area contributed by atoms with Gasteiger partial charge in [-0.2, -0.15) is 0 Å². The predicted octanol–water partition coefficient (Wildman–Crippen LogP) is 2.84. The zero-order chi connectivity index (χ0) is 16.5. The molecule has 1 aromatic carbocycles. The van der Waals surface area contributed by atoms with Crippen LogP contribution < -0.4 is 10.1 Å². The van der Waals surface area contributed by atoms with Gasteiger partial charge >= 0.3 is 0 Å². The van der Waals surface area contributed by atoms with Crippen molar-refractivity contribution >= 4 is 11.7 Å². The molecule has 1 amide bonds. The third-order valence-corrected chi connectivity index (χ3v) is 3.28. The van der Waals surface area contributed by atoms with Crippen LogP contribution in [0.25, 0.3) is 0 Å². The quantitative estimate of drug-likeness (QED) is 0.543. The van der Waals surface area contributed by atoms with Crippen molar-refractivity contribution in [2.45, 2.75) is 46.5 Å². The van der Waals surface area contributed by atoms with Gasteiger partial charge in [-0.1, -0.05) is 13.3 Å². The van der Waals surface area contributed by atoms with Crippen LogP contribution in [0, 0.1) is 0 Å². The van der Waals surface area contributed by atoms with E-state index in [0.29, 0.717) is 24.5 Å². The first-order valence-corrected chi connectivity index (χ1v) is 7.69. The van der Waals surface area contributed by atoms with E-state index in [4.69, 9.17) is 4.74 Å². The number of nitrogens with one attached hydrogen (secondary N) is 1. The Hall–Kier alpha value is -2.04. The lowest BCUT2D eigenvalue weighted by Crippen LogP contribution is -2.21. The van der Waals surface area contributed by atoms with Gasteiger partial charge in [0.2, 0.25) is 5.91 Å². The van der Waals surface area contributed by atoms with E-state index in [9.17, 15) is 14.7 Å². The van der Waals surface area contributed by atoms with Crippen LogP contribution >= 0.6 is 0 Å². The Balaban J connectivity index is 2.63. The number of phenolic OH excluding ortho intramolecular Hbond substituents is 1. The van der Waals surface area contributed by atoms with E-state index >= 15 is 0 Å². The molecule has 5 heteroatoms. The van der Waals surface area contributed by atoms with E-state index in [1.165, 1.54) is 19.9 Å². The number of carbonyl (C=O) groups is 2. The number of carbonyl (C=O) groups excluding carboxylic acids is 2. The minimum atomic E-state index is -0.156. The zero-order valence-electron chi connectivity index (χ0n) is 13.6. The number of unbranched alkanes of at least 4 members (excludes halogenated alkanes) is 1. The fourth-order valence-corrected chi connectivity index (χ4v) is 2.17. The van der Waals surface area contributed by atoms with Crippen molar-refractivity contribution in [3.8, 4) is 11.5 Å². The van der Waals surface area contributed by atoms with Gasteiger partial charge in [0, 0.05) is 19.5 Å². The van der Waals surface area contributed by atoms with Crippen LogP contribution in [-0.2, 0) is 11.2 Å². The molecule has 0 fully saturated rings. The van der Waals surface area contributed by atoms with Crippen molar-refractivity contribution < 1.29 is 19.4 Å². The standard InChI is InChI=1S/C17H25NO4/c1-4-7-14-10-15(12(2)19)16(21)11-17(14)22-9-6-5-8-18-13(3)20/h10-11,21H,4-9H2,1-3H3,(H,18,20). The molecule has 0 radical (unpaired) electrons. The molecule has 0 heterocycles. The summed E-state index contributed by atoms with van der Waals surface area (Å²) in [6.45, 7) is 6.13. The molecular weight excluding hydrogens is 282 g/mol. The maximum atomic E-state index is 11.5. The summed E-state index contributed by atoms with van der Waals surface area (Å²) in [7, 11) is 0. The molecule has 122 valence electrons. The first-order valence-electron chi connectivity index (χ1n) is 7.69. The summed E-state index contributed by atoms with van der Waals surface area (Å²) >= 11 is 0. The number of phenols is 1. The Morgan fingerprint density at radius 2 is 1.95 bits per heavy atom. The number of aryl methyl sites for hydroxylation is 1. The van der Waals surface area contributed by atoms with E-state index in [1.807, 2.05) is 0 Å². The highest BCUT2D eigenvalue weighted by atomic mass is 16.5.